The molecule has 0 aromatic heterocycles. The molecule has 0 radical (unpaired) electrons. The number of nitrogens with one attached hydrogen (secondary N) is 1. The van der Waals surface area contributed by atoms with Gasteiger partial charge in [-0.3, -0.25) is 4.79 Å². The van der Waals surface area contributed by atoms with Gasteiger partial charge in [0.2, 0.25) is 5.91 Å². The predicted molar refractivity (Wildman–Crippen MR) is 66.6 cm³/mol. The molecule has 1 aromatic carbocycles. The summed E-state index contributed by atoms with van der Waals surface area (Å²) in [4.78, 5) is 11.0. The van der Waals surface area contributed by atoms with E-state index in [4.69, 9.17) is 4.74 Å². The quantitative estimate of drug-likeness (QED) is 0.926. The lowest BCUT2D eigenvalue weighted by Crippen LogP contribution is -2.10. The molecule has 1 fully saturated rings. The van der Waals surface area contributed by atoms with Crippen LogP contribution in [0, 0.1) is 11.7 Å². The third kappa shape index (κ3) is 3.43. The maximum Gasteiger partial charge on any atom is 0.221 e. The fraction of sp³-hybridized carbons (Fsp3) is 0.417. The molecule has 0 spiro atoms. The van der Waals surface area contributed by atoms with E-state index in [2.05, 4.69) is 21.2 Å². The van der Waals surface area contributed by atoms with Crippen LogP contribution < -0.4 is 10.1 Å². The molecule has 0 bridgehead atoms. The van der Waals surface area contributed by atoms with Gasteiger partial charge in [-0.1, -0.05) is 15.9 Å². The van der Waals surface area contributed by atoms with Crippen LogP contribution in [0.5, 0.6) is 5.75 Å². The van der Waals surface area contributed by atoms with Gasteiger partial charge in [0, 0.05) is 11.4 Å². The van der Waals surface area contributed by atoms with E-state index in [1.165, 1.54) is 13.0 Å². The van der Waals surface area contributed by atoms with Crippen molar-refractivity contribution >= 4 is 27.5 Å². The second-order valence-electron chi connectivity index (χ2n) is 4.20. The highest BCUT2D eigenvalue weighted by atomic mass is 79.9. The van der Waals surface area contributed by atoms with Crippen LogP contribution in [0.3, 0.4) is 0 Å². The van der Waals surface area contributed by atoms with E-state index in [1.807, 2.05) is 0 Å². The predicted octanol–water partition coefficient (Wildman–Crippen LogP) is 3.34. The van der Waals surface area contributed by atoms with Crippen LogP contribution in [0.15, 0.2) is 16.6 Å². The highest BCUT2D eigenvalue weighted by Crippen LogP contribution is 2.35. The van der Waals surface area contributed by atoms with Gasteiger partial charge < -0.3 is 10.1 Å². The highest BCUT2D eigenvalue weighted by molar-refractivity contribution is 9.10. The Morgan fingerprint density at radius 2 is 2.29 bits per heavy atom. The lowest BCUT2D eigenvalue weighted by molar-refractivity contribution is -0.114. The molecule has 0 aliphatic heterocycles. The number of hydrogen-bond donors (Lipinski definition) is 1. The molecule has 1 aliphatic carbocycles. The Labute approximate surface area is 107 Å². The van der Waals surface area contributed by atoms with Crippen molar-refractivity contribution in [2.45, 2.75) is 19.8 Å². The number of halogens is 2. The molecule has 1 aliphatic rings. The molecule has 0 heterocycles. The van der Waals surface area contributed by atoms with E-state index in [-0.39, 0.29) is 11.6 Å². The van der Waals surface area contributed by atoms with Gasteiger partial charge in [0.25, 0.3) is 0 Å². The first-order chi connectivity index (χ1) is 8.06. The summed E-state index contributed by atoms with van der Waals surface area (Å²) < 4.78 is 19.8. The Morgan fingerprint density at radius 3 is 2.88 bits per heavy atom. The summed E-state index contributed by atoms with van der Waals surface area (Å²) in [5.74, 6) is 0.129. The molecule has 1 N–H and O–H groups in total. The van der Waals surface area contributed by atoms with Crippen LogP contribution in [0.2, 0.25) is 0 Å². The molecule has 1 aromatic rings. The topological polar surface area (TPSA) is 38.3 Å². The second-order valence-corrected chi connectivity index (χ2v) is 5.11. The van der Waals surface area contributed by atoms with Gasteiger partial charge in [-0.15, -0.1) is 0 Å². The Bertz CT molecular complexity index is 446. The standard InChI is InChI=1S/C12H13BrFNO2/c1-7(16)15-12-10(14)4-9(13)5-11(12)17-6-8-2-3-8/h4-5,8H,2-3,6H2,1H3,(H,15,16). The summed E-state index contributed by atoms with van der Waals surface area (Å²) in [7, 11) is 0. The molecular weight excluding hydrogens is 289 g/mol. The van der Waals surface area contributed by atoms with E-state index in [0.717, 1.165) is 12.8 Å². The Morgan fingerprint density at radius 1 is 1.59 bits per heavy atom. The second kappa shape index (κ2) is 5.04. The van der Waals surface area contributed by atoms with Crippen LogP contribution in [-0.4, -0.2) is 12.5 Å². The summed E-state index contributed by atoms with van der Waals surface area (Å²) in [6.45, 7) is 1.91. The lowest BCUT2D eigenvalue weighted by Gasteiger charge is -2.13. The minimum atomic E-state index is -0.500. The number of carbonyl (C=O) groups excluding carboxylic acids is 1. The van der Waals surface area contributed by atoms with Gasteiger partial charge in [0.1, 0.15) is 11.4 Å². The maximum absolute atomic E-state index is 13.7. The van der Waals surface area contributed by atoms with Gasteiger partial charge in [0.05, 0.1) is 6.61 Å². The molecule has 0 unspecified atom stereocenters. The first-order valence-electron chi connectivity index (χ1n) is 5.45. The molecule has 0 atom stereocenters. The molecular formula is C12H13BrFNO2. The van der Waals surface area contributed by atoms with Gasteiger partial charge in [-0.05, 0) is 30.9 Å². The number of anilines is 1. The zero-order valence-corrected chi connectivity index (χ0v) is 11.0. The summed E-state index contributed by atoms with van der Waals surface area (Å²) in [6.07, 6.45) is 2.32. The number of benzene rings is 1. The highest BCUT2D eigenvalue weighted by Gasteiger charge is 2.23. The summed E-state index contributed by atoms with van der Waals surface area (Å²) in [6, 6.07) is 2.96. The first-order valence-corrected chi connectivity index (χ1v) is 6.25. The van der Waals surface area contributed by atoms with Crippen molar-refractivity contribution in [1.82, 2.24) is 0 Å². The number of carbonyl (C=O) groups is 1. The van der Waals surface area contributed by atoms with E-state index in [9.17, 15) is 9.18 Å². The van der Waals surface area contributed by atoms with Gasteiger partial charge in [0.15, 0.2) is 5.82 Å². The van der Waals surface area contributed by atoms with Gasteiger partial charge >= 0.3 is 0 Å². The summed E-state index contributed by atoms with van der Waals surface area (Å²) >= 11 is 3.20. The van der Waals surface area contributed by atoms with Crippen molar-refractivity contribution in [3.8, 4) is 5.75 Å². The first kappa shape index (κ1) is 12.4. The van der Waals surface area contributed by atoms with Crippen molar-refractivity contribution in [1.29, 1.82) is 0 Å². The van der Waals surface area contributed by atoms with E-state index in [1.54, 1.807) is 6.07 Å². The molecule has 92 valence electrons. The molecule has 17 heavy (non-hydrogen) atoms. The van der Waals surface area contributed by atoms with Crippen molar-refractivity contribution < 1.29 is 13.9 Å². The van der Waals surface area contributed by atoms with Gasteiger partial charge in [-0.2, -0.15) is 0 Å². The Hall–Kier alpha value is -1.10. The fourth-order valence-corrected chi connectivity index (χ4v) is 1.86. The minimum Gasteiger partial charge on any atom is -0.491 e. The summed E-state index contributed by atoms with van der Waals surface area (Å²) in [5.41, 5.74) is 0.112. The molecule has 1 saturated carbocycles. The molecule has 1 amide bonds. The van der Waals surface area contributed by atoms with Crippen LogP contribution in [0.4, 0.5) is 10.1 Å². The van der Waals surface area contributed by atoms with E-state index < -0.39 is 5.82 Å². The zero-order chi connectivity index (χ0) is 12.4. The molecule has 3 nitrogen and oxygen atoms in total. The summed E-state index contributed by atoms with van der Waals surface area (Å²) in [5, 5.41) is 2.45. The third-order valence-electron chi connectivity index (χ3n) is 2.49. The van der Waals surface area contributed by atoms with Crippen LogP contribution in [-0.2, 0) is 4.79 Å². The average Bonchev–Trinajstić information content (AvgIpc) is 3.02. The largest absolute Gasteiger partial charge is 0.491 e. The fourth-order valence-electron chi connectivity index (χ4n) is 1.45. The van der Waals surface area contributed by atoms with Crippen molar-refractivity contribution in [3.05, 3.63) is 22.4 Å². The van der Waals surface area contributed by atoms with Crippen LogP contribution in [0.1, 0.15) is 19.8 Å². The molecule has 0 saturated heterocycles. The minimum absolute atomic E-state index is 0.112. The maximum atomic E-state index is 13.7. The molecule has 5 heteroatoms. The number of hydrogen-bond acceptors (Lipinski definition) is 2. The number of amides is 1. The monoisotopic (exact) mass is 301 g/mol. The third-order valence-corrected chi connectivity index (χ3v) is 2.95. The normalized spacial score (nSPS) is 14.5. The van der Waals surface area contributed by atoms with Crippen molar-refractivity contribution in [2.24, 2.45) is 5.92 Å². The van der Waals surface area contributed by atoms with Crippen molar-refractivity contribution in [3.63, 3.8) is 0 Å². The Balaban J connectivity index is 2.21. The Kier molecular flexibility index (Phi) is 3.66. The molecule has 2 rings (SSSR count). The number of ether oxygens (including phenoxy) is 1. The van der Waals surface area contributed by atoms with E-state index >= 15 is 0 Å². The van der Waals surface area contributed by atoms with Crippen LogP contribution >= 0.6 is 15.9 Å². The van der Waals surface area contributed by atoms with E-state index in [0.29, 0.717) is 22.7 Å². The average molecular weight is 302 g/mol. The van der Waals surface area contributed by atoms with Gasteiger partial charge in [-0.25, -0.2) is 4.39 Å². The van der Waals surface area contributed by atoms with Crippen molar-refractivity contribution in [2.75, 3.05) is 11.9 Å². The smallest absolute Gasteiger partial charge is 0.221 e. The number of rotatable bonds is 4. The van der Waals surface area contributed by atoms with Crippen LogP contribution in [0.25, 0.3) is 0 Å². The lowest BCUT2D eigenvalue weighted by atomic mass is 10.2. The zero-order valence-electron chi connectivity index (χ0n) is 9.43. The SMILES string of the molecule is CC(=O)Nc1c(F)cc(Br)cc1OCC1CC1.